The molecule has 16 N–H and O–H groups in total. The van der Waals surface area contributed by atoms with E-state index < -0.39 is 145 Å². The predicted octanol–water partition coefficient (Wildman–Crippen LogP) is -3.30. The highest BCUT2D eigenvalue weighted by molar-refractivity contribution is 5.98. The fourth-order valence-corrected chi connectivity index (χ4v) is 8.07. The standard InChI is InChI=1S/C51H74N12O14/c1-29(2)25-37(50(75)61-36(18-21-43(67)68)47(72)58-32(44(54)69)22-24-77-3)57-42(66)28-56-45(70)38(26-30-11-6-4-7-12-30)62-51(76)39(27-31-13-8-5-9-14-31)63-49(74)35(17-20-41(53)65)60-48(73)34(16-19-40(52)64)59-46(71)33-15-10-23-55-33/h4-9,11-14,29,32-39,55H,10,15-28H2,1-3H3,(H2,52,64)(H2,53,65)(H2,54,69)(H,56,70)(H,57,66)(H,58,72)(H,59,71)(H,60,73)(H,61,75)(H,62,76)(H,63,74)(H,67,68)/t32-,33-,34-,35-,36-,37-,38-,39-/m0/s1. The number of carboxylic acids is 1. The van der Waals surface area contributed by atoms with E-state index in [9.17, 15) is 62.6 Å². The summed E-state index contributed by atoms with van der Waals surface area (Å²) in [6, 6.07) is 6.65. The number of nitrogens with one attached hydrogen (secondary N) is 9. The van der Waals surface area contributed by atoms with Crippen LogP contribution in [0, 0.1) is 5.92 Å². The molecule has 0 aromatic heterocycles. The molecule has 2 aromatic rings. The van der Waals surface area contributed by atoms with Gasteiger partial charge in [0.2, 0.25) is 65.0 Å². The zero-order chi connectivity index (χ0) is 57.0. The molecule has 0 spiro atoms. The smallest absolute Gasteiger partial charge is 0.303 e. The first-order valence-corrected chi connectivity index (χ1v) is 25.3. The van der Waals surface area contributed by atoms with Crippen molar-refractivity contribution >= 4 is 70.9 Å². The van der Waals surface area contributed by atoms with E-state index in [0.717, 1.165) is 0 Å². The maximum Gasteiger partial charge on any atom is 0.303 e. The van der Waals surface area contributed by atoms with Crippen LogP contribution in [0.4, 0.5) is 0 Å². The van der Waals surface area contributed by atoms with Crippen molar-refractivity contribution in [2.75, 3.05) is 26.8 Å². The fraction of sp³-hybridized carbons (Fsp3) is 0.529. The first-order chi connectivity index (χ1) is 36.6. The number of methoxy groups -OCH3 is 1. The Morgan fingerprint density at radius 2 is 1.01 bits per heavy atom. The van der Waals surface area contributed by atoms with Crippen molar-refractivity contribution in [3.63, 3.8) is 0 Å². The van der Waals surface area contributed by atoms with Crippen molar-refractivity contribution in [3.8, 4) is 0 Å². The third kappa shape index (κ3) is 24.0. The van der Waals surface area contributed by atoms with Gasteiger partial charge in [-0.15, -0.1) is 0 Å². The molecule has 77 heavy (non-hydrogen) atoms. The van der Waals surface area contributed by atoms with Gasteiger partial charge in [0.15, 0.2) is 0 Å². The first-order valence-electron chi connectivity index (χ1n) is 25.3. The minimum atomic E-state index is -1.52. The average Bonchev–Trinajstić information content (AvgIpc) is 3.93. The highest BCUT2D eigenvalue weighted by Gasteiger charge is 2.35. The number of aliphatic carboxylic acids is 1. The van der Waals surface area contributed by atoms with E-state index >= 15 is 0 Å². The number of nitrogens with two attached hydrogens (primary N) is 3. The van der Waals surface area contributed by atoms with Gasteiger partial charge in [-0.05, 0) is 68.5 Å². The summed E-state index contributed by atoms with van der Waals surface area (Å²) < 4.78 is 4.96. The predicted molar refractivity (Wildman–Crippen MR) is 277 cm³/mol. The van der Waals surface area contributed by atoms with Crippen LogP contribution in [-0.2, 0) is 75.1 Å². The fourth-order valence-electron chi connectivity index (χ4n) is 8.07. The monoisotopic (exact) mass is 1080 g/mol. The van der Waals surface area contributed by atoms with Gasteiger partial charge < -0.3 is 74.9 Å². The van der Waals surface area contributed by atoms with Gasteiger partial charge in [-0.3, -0.25) is 57.5 Å². The van der Waals surface area contributed by atoms with Crippen LogP contribution < -0.4 is 65.1 Å². The van der Waals surface area contributed by atoms with E-state index in [2.05, 4.69) is 47.9 Å². The third-order valence-electron chi connectivity index (χ3n) is 12.2. The zero-order valence-corrected chi connectivity index (χ0v) is 43.6. The van der Waals surface area contributed by atoms with E-state index in [-0.39, 0.29) is 57.5 Å². The molecular formula is C51H74N12O14. The Balaban J connectivity index is 1.87. The molecule has 8 atom stereocenters. The number of carboxylic acid groups (broad SMARTS) is 1. The third-order valence-corrected chi connectivity index (χ3v) is 12.2. The molecule has 1 saturated heterocycles. The van der Waals surface area contributed by atoms with Crippen LogP contribution in [-0.4, -0.2) is 151 Å². The Bertz CT molecular complexity index is 2350. The Kier molecular flexibility index (Phi) is 27.2. The Morgan fingerprint density at radius 1 is 0.571 bits per heavy atom. The highest BCUT2D eigenvalue weighted by atomic mass is 16.5. The van der Waals surface area contributed by atoms with Gasteiger partial charge in [-0.25, -0.2) is 0 Å². The Hall–Kier alpha value is -8.00. The van der Waals surface area contributed by atoms with Crippen molar-refractivity contribution in [2.45, 2.75) is 139 Å². The lowest BCUT2D eigenvalue weighted by Crippen LogP contribution is -2.60. The quantitative estimate of drug-likeness (QED) is 0.0322. The minimum absolute atomic E-state index is 0.0116. The molecule has 11 amide bonds. The summed E-state index contributed by atoms with van der Waals surface area (Å²) in [5.74, 6) is -10.7. The van der Waals surface area contributed by atoms with E-state index in [0.29, 0.717) is 30.5 Å². The van der Waals surface area contributed by atoms with Crippen LogP contribution in [0.25, 0.3) is 0 Å². The maximum atomic E-state index is 14.4. The molecule has 0 radical (unpaired) electrons. The lowest BCUT2D eigenvalue weighted by atomic mass is 10.0. The van der Waals surface area contributed by atoms with E-state index in [4.69, 9.17) is 21.9 Å². The number of carbonyl (C=O) groups is 12. The maximum absolute atomic E-state index is 14.4. The SMILES string of the molecule is COCC[C@H](NC(=O)[C@H](CCC(=O)O)NC(=O)[C@H](CC(C)C)NC(=O)CNC(=O)[C@H](Cc1ccccc1)NC(=O)[C@H](Cc1ccccc1)NC(=O)[C@H](CCC(N)=O)NC(=O)[C@H](CCC(N)=O)NC(=O)[C@@H]1CCCN1)C(N)=O. The lowest BCUT2D eigenvalue weighted by molar-refractivity contribution is -0.138. The van der Waals surface area contributed by atoms with Gasteiger partial charge in [0, 0.05) is 45.8 Å². The molecule has 3 rings (SSSR count). The van der Waals surface area contributed by atoms with Crippen molar-refractivity contribution < 1.29 is 67.4 Å². The molecular weight excluding hydrogens is 1000 g/mol. The number of hydrogen-bond donors (Lipinski definition) is 13. The van der Waals surface area contributed by atoms with Gasteiger partial charge >= 0.3 is 5.97 Å². The summed E-state index contributed by atoms with van der Waals surface area (Å²) in [6.45, 7) is 3.39. The topological polar surface area (TPSA) is 421 Å². The molecule has 1 heterocycles. The van der Waals surface area contributed by atoms with Crippen molar-refractivity contribution in [1.29, 1.82) is 0 Å². The molecule has 422 valence electrons. The minimum Gasteiger partial charge on any atom is -0.481 e. The van der Waals surface area contributed by atoms with Gasteiger partial charge in [0.1, 0.15) is 42.3 Å². The molecule has 0 bridgehead atoms. The van der Waals surface area contributed by atoms with Gasteiger partial charge in [-0.2, -0.15) is 0 Å². The number of rotatable bonds is 35. The lowest BCUT2D eigenvalue weighted by Gasteiger charge is -2.27. The van der Waals surface area contributed by atoms with Crippen LogP contribution in [0.5, 0.6) is 0 Å². The van der Waals surface area contributed by atoms with E-state index in [1.54, 1.807) is 74.5 Å². The van der Waals surface area contributed by atoms with E-state index in [1.807, 2.05) is 0 Å². The van der Waals surface area contributed by atoms with Crippen molar-refractivity contribution in [1.82, 2.24) is 47.9 Å². The molecule has 1 fully saturated rings. The number of hydrogen-bond acceptors (Lipinski definition) is 14. The first kappa shape index (κ1) is 63.3. The largest absolute Gasteiger partial charge is 0.481 e. The van der Waals surface area contributed by atoms with Gasteiger partial charge in [0.05, 0.1) is 12.6 Å². The highest BCUT2D eigenvalue weighted by Crippen LogP contribution is 2.12. The second-order valence-electron chi connectivity index (χ2n) is 19.0. The summed E-state index contributed by atoms with van der Waals surface area (Å²) in [5.41, 5.74) is 17.4. The van der Waals surface area contributed by atoms with Crippen LogP contribution in [0.3, 0.4) is 0 Å². The van der Waals surface area contributed by atoms with E-state index in [1.165, 1.54) is 7.11 Å². The van der Waals surface area contributed by atoms with Crippen LogP contribution in [0.15, 0.2) is 60.7 Å². The number of carbonyl (C=O) groups excluding carboxylic acids is 11. The second-order valence-corrected chi connectivity index (χ2v) is 19.0. The van der Waals surface area contributed by atoms with Crippen molar-refractivity contribution in [3.05, 3.63) is 71.8 Å². The van der Waals surface area contributed by atoms with Crippen LogP contribution in [0.2, 0.25) is 0 Å². The number of benzene rings is 2. The number of ether oxygens (including phenoxy) is 1. The van der Waals surface area contributed by atoms with Gasteiger partial charge in [0.25, 0.3) is 0 Å². The molecule has 2 aromatic carbocycles. The molecule has 26 heteroatoms. The summed E-state index contributed by atoms with van der Waals surface area (Å²) in [5, 5.41) is 32.7. The normalized spacial score (nSPS) is 15.6. The zero-order valence-electron chi connectivity index (χ0n) is 43.6. The summed E-state index contributed by atoms with van der Waals surface area (Å²) in [7, 11) is 1.37. The summed E-state index contributed by atoms with van der Waals surface area (Å²) in [4.78, 5) is 157. The van der Waals surface area contributed by atoms with Crippen LogP contribution in [0.1, 0.15) is 89.2 Å². The molecule has 0 unspecified atom stereocenters. The molecule has 0 saturated carbocycles. The molecule has 1 aliphatic rings. The Labute approximate surface area is 446 Å². The summed E-state index contributed by atoms with van der Waals surface area (Å²) in [6.07, 6.45) is -1.27. The van der Waals surface area contributed by atoms with Crippen molar-refractivity contribution in [2.24, 2.45) is 23.1 Å². The second kappa shape index (κ2) is 33.1. The Morgan fingerprint density at radius 3 is 1.45 bits per heavy atom. The average molecular weight is 1080 g/mol. The molecule has 1 aliphatic heterocycles. The molecule has 26 nitrogen and oxygen atoms in total. The summed E-state index contributed by atoms with van der Waals surface area (Å²) >= 11 is 0. The van der Waals surface area contributed by atoms with Gasteiger partial charge in [-0.1, -0.05) is 74.5 Å². The molecule has 0 aliphatic carbocycles. The van der Waals surface area contributed by atoms with Crippen LogP contribution >= 0.6 is 0 Å². The number of amides is 11. The number of primary amides is 3.